The number of hydrogen-bond acceptors (Lipinski definition) is 5. The molecule has 0 N–H and O–H groups in total. The van der Waals surface area contributed by atoms with Gasteiger partial charge >= 0.3 is 0 Å². The highest BCUT2D eigenvalue weighted by Gasteiger charge is 2.18. The van der Waals surface area contributed by atoms with Gasteiger partial charge in [0.05, 0.1) is 27.6 Å². The zero-order chi connectivity index (χ0) is 17.5. The van der Waals surface area contributed by atoms with Gasteiger partial charge in [-0.05, 0) is 12.1 Å². The average molecular weight is 404 g/mol. The van der Waals surface area contributed by atoms with Crippen molar-refractivity contribution in [3.8, 4) is 16.9 Å². The van der Waals surface area contributed by atoms with Crippen LogP contribution in [0.1, 0.15) is 0 Å². The Morgan fingerprint density at radius 3 is 2.42 bits per heavy atom. The van der Waals surface area contributed by atoms with E-state index in [9.17, 15) is 8.42 Å². The molecule has 0 spiro atoms. The highest BCUT2D eigenvalue weighted by atomic mass is 35.5. The van der Waals surface area contributed by atoms with Crippen molar-refractivity contribution in [3.05, 3.63) is 52.2 Å². The van der Waals surface area contributed by atoms with Crippen LogP contribution in [-0.2, 0) is 9.84 Å². The summed E-state index contributed by atoms with van der Waals surface area (Å²) in [6.07, 6.45) is 6.91. The molecule has 0 amide bonds. The molecule has 3 rings (SSSR count). The molecular formula is C14H9Cl3N4O2S. The minimum atomic E-state index is -3.38. The van der Waals surface area contributed by atoms with Gasteiger partial charge in [-0.2, -0.15) is 0 Å². The Kier molecular flexibility index (Phi) is 4.52. The second-order valence-electron chi connectivity index (χ2n) is 4.86. The van der Waals surface area contributed by atoms with Gasteiger partial charge in [-0.1, -0.05) is 34.8 Å². The van der Waals surface area contributed by atoms with Crippen LogP contribution in [0.2, 0.25) is 15.2 Å². The fourth-order valence-corrected chi connectivity index (χ4v) is 3.22. The molecule has 0 fully saturated rings. The van der Waals surface area contributed by atoms with Crippen LogP contribution in [0.3, 0.4) is 0 Å². The van der Waals surface area contributed by atoms with E-state index >= 15 is 0 Å². The number of pyridine rings is 2. The van der Waals surface area contributed by atoms with Crippen molar-refractivity contribution in [3.63, 3.8) is 0 Å². The molecule has 0 saturated heterocycles. The number of hydrogen-bond donors (Lipinski definition) is 0. The average Bonchev–Trinajstić information content (AvgIpc) is 2.91. The van der Waals surface area contributed by atoms with Gasteiger partial charge in [-0.3, -0.25) is 9.55 Å². The van der Waals surface area contributed by atoms with Crippen LogP contribution in [0.25, 0.3) is 16.9 Å². The Hall–Kier alpha value is -1.67. The highest BCUT2D eigenvalue weighted by molar-refractivity contribution is 7.90. The van der Waals surface area contributed by atoms with Crippen LogP contribution in [-0.4, -0.2) is 34.2 Å². The minimum absolute atomic E-state index is 0.0264. The number of rotatable bonds is 3. The molecule has 0 saturated carbocycles. The molecule has 124 valence electrons. The van der Waals surface area contributed by atoms with Crippen LogP contribution >= 0.6 is 34.8 Å². The Labute approximate surface area is 153 Å². The van der Waals surface area contributed by atoms with Crippen molar-refractivity contribution in [2.24, 2.45) is 0 Å². The van der Waals surface area contributed by atoms with Gasteiger partial charge in [-0.15, -0.1) is 0 Å². The molecular weight excluding hydrogens is 395 g/mol. The molecule has 0 atom stereocenters. The number of aromatic nitrogens is 4. The largest absolute Gasteiger partial charge is 0.296 e. The number of sulfone groups is 1. The molecule has 3 aromatic heterocycles. The van der Waals surface area contributed by atoms with Crippen LogP contribution in [0.5, 0.6) is 0 Å². The van der Waals surface area contributed by atoms with Gasteiger partial charge in [0.1, 0.15) is 6.33 Å². The number of nitrogens with zero attached hydrogens (tertiary/aromatic N) is 4. The van der Waals surface area contributed by atoms with Crippen molar-refractivity contribution in [2.75, 3.05) is 6.26 Å². The summed E-state index contributed by atoms with van der Waals surface area (Å²) in [6, 6.07) is 3.00. The summed E-state index contributed by atoms with van der Waals surface area (Å²) in [7, 11) is -3.38. The lowest BCUT2D eigenvalue weighted by molar-refractivity contribution is 0.598. The predicted molar refractivity (Wildman–Crippen MR) is 92.7 cm³/mol. The van der Waals surface area contributed by atoms with E-state index in [-0.39, 0.29) is 20.2 Å². The molecule has 0 aliphatic carbocycles. The van der Waals surface area contributed by atoms with Crippen LogP contribution in [0.4, 0.5) is 0 Å². The van der Waals surface area contributed by atoms with E-state index in [1.165, 1.54) is 31.0 Å². The second-order valence-corrected chi connectivity index (χ2v) is 7.97. The zero-order valence-corrected chi connectivity index (χ0v) is 15.2. The van der Waals surface area contributed by atoms with E-state index in [1.807, 2.05) is 0 Å². The summed E-state index contributed by atoms with van der Waals surface area (Å²) in [4.78, 5) is 12.0. The quantitative estimate of drug-likeness (QED) is 0.666. The highest BCUT2D eigenvalue weighted by Crippen LogP contribution is 2.37. The first kappa shape index (κ1) is 17.2. The first-order valence-electron chi connectivity index (χ1n) is 6.47. The SMILES string of the molecule is CS(=O)(=O)c1ccc(-n2cnc(Cl)c2-c2cncc(Cl)c2Cl)cn1. The third-order valence-electron chi connectivity index (χ3n) is 3.19. The third kappa shape index (κ3) is 3.12. The lowest BCUT2D eigenvalue weighted by atomic mass is 10.2. The van der Waals surface area contributed by atoms with Gasteiger partial charge in [0, 0.05) is 24.2 Å². The van der Waals surface area contributed by atoms with Crippen LogP contribution in [0, 0.1) is 0 Å². The van der Waals surface area contributed by atoms with Crippen molar-refractivity contribution < 1.29 is 8.42 Å². The molecule has 0 aliphatic rings. The van der Waals surface area contributed by atoms with E-state index in [0.29, 0.717) is 16.9 Å². The summed E-state index contributed by atoms with van der Waals surface area (Å²) in [5.74, 6) is 0. The molecule has 0 aromatic carbocycles. The standard InChI is InChI=1S/C14H9Cl3N4O2S/c1-24(22,23)11-3-2-8(4-19-11)21-7-20-14(17)13(21)9-5-18-6-10(15)12(9)16/h2-7H,1H3. The Balaban J connectivity index is 2.16. The minimum Gasteiger partial charge on any atom is -0.296 e. The maximum absolute atomic E-state index is 11.5. The summed E-state index contributed by atoms with van der Waals surface area (Å²) < 4.78 is 24.7. The van der Waals surface area contributed by atoms with Crippen LogP contribution in [0.15, 0.2) is 42.1 Å². The van der Waals surface area contributed by atoms with Crippen molar-refractivity contribution >= 4 is 44.6 Å². The molecule has 3 heterocycles. The van der Waals surface area contributed by atoms with E-state index < -0.39 is 9.84 Å². The molecule has 24 heavy (non-hydrogen) atoms. The molecule has 0 aliphatic heterocycles. The molecule has 3 aromatic rings. The van der Waals surface area contributed by atoms with Crippen LogP contribution < -0.4 is 0 Å². The van der Waals surface area contributed by atoms with Crippen molar-refractivity contribution in [2.45, 2.75) is 5.03 Å². The van der Waals surface area contributed by atoms with Gasteiger partial charge in [0.25, 0.3) is 0 Å². The van der Waals surface area contributed by atoms with Gasteiger partial charge < -0.3 is 0 Å². The third-order valence-corrected chi connectivity index (χ3v) is 5.26. The second kappa shape index (κ2) is 6.33. The lowest BCUT2D eigenvalue weighted by Crippen LogP contribution is -2.02. The van der Waals surface area contributed by atoms with E-state index in [2.05, 4.69) is 15.0 Å². The molecule has 0 bridgehead atoms. The zero-order valence-electron chi connectivity index (χ0n) is 12.1. The summed E-state index contributed by atoms with van der Waals surface area (Å²) >= 11 is 18.4. The first-order chi connectivity index (χ1) is 11.3. The lowest BCUT2D eigenvalue weighted by Gasteiger charge is -2.10. The summed E-state index contributed by atoms with van der Waals surface area (Å²) in [5.41, 5.74) is 1.54. The summed E-state index contributed by atoms with van der Waals surface area (Å²) in [6.45, 7) is 0. The molecule has 0 radical (unpaired) electrons. The number of imidazole rings is 1. The number of halogens is 3. The van der Waals surface area contributed by atoms with Gasteiger partial charge in [-0.25, -0.2) is 18.4 Å². The Morgan fingerprint density at radius 1 is 1.04 bits per heavy atom. The van der Waals surface area contributed by atoms with Gasteiger partial charge in [0.2, 0.25) is 0 Å². The van der Waals surface area contributed by atoms with Crippen molar-refractivity contribution in [1.29, 1.82) is 0 Å². The molecule has 10 heteroatoms. The van der Waals surface area contributed by atoms with E-state index in [0.717, 1.165) is 6.26 Å². The molecule has 0 unspecified atom stereocenters. The van der Waals surface area contributed by atoms with Gasteiger partial charge in [0.15, 0.2) is 20.0 Å². The fraction of sp³-hybridized carbons (Fsp3) is 0.0714. The van der Waals surface area contributed by atoms with Crippen molar-refractivity contribution in [1.82, 2.24) is 19.5 Å². The Morgan fingerprint density at radius 2 is 1.79 bits per heavy atom. The fourth-order valence-electron chi connectivity index (χ4n) is 2.08. The topological polar surface area (TPSA) is 77.7 Å². The predicted octanol–water partition coefficient (Wildman–Crippen LogP) is 3.69. The summed E-state index contributed by atoms with van der Waals surface area (Å²) in [5, 5.41) is 0.745. The maximum Gasteiger partial charge on any atom is 0.192 e. The van der Waals surface area contributed by atoms with E-state index in [4.69, 9.17) is 34.8 Å². The Bertz CT molecular complexity index is 1020. The molecule has 6 nitrogen and oxygen atoms in total. The maximum atomic E-state index is 11.5. The normalized spacial score (nSPS) is 11.7. The first-order valence-corrected chi connectivity index (χ1v) is 9.50. The monoisotopic (exact) mass is 402 g/mol. The van der Waals surface area contributed by atoms with E-state index in [1.54, 1.807) is 10.6 Å². The smallest absolute Gasteiger partial charge is 0.192 e.